The second-order valence-corrected chi connectivity index (χ2v) is 5.22. The zero-order valence-corrected chi connectivity index (χ0v) is 12.0. The third-order valence-corrected chi connectivity index (χ3v) is 3.78. The Morgan fingerprint density at radius 2 is 1.61 bits per heavy atom. The molecule has 0 amide bonds. The monoisotopic (exact) mass is 248 g/mol. The van der Waals surface area contributed by atoms with Crippen LogP contribution in [-0.4, -0.2) is 5.11 Å². The minimum absolute atomic E-state index is 0.468. The molecule has 1 unspecified atom stereocenters. The van der Waals surface area contributed by atoms with Gasteiger partial charge in [-0.15, -0.1) is 0 Å². The van der Waals surface area contributed by atoms with Crippen LogP contribution < -0.4 is 0 Å². The van der Waals surface area contributed by atoms with Crippen molar-refractivity contribution < 1.29 is 5.11 Å². The fourth-order valence-corrected chi connectivity index (χ4v) is 2.58. The zero-order chi connectivity index (χ0) is 13.2. The highest BCUT2D eigenvalue weighted by Gasteiger charge is 2.12. The number of aromatic hydroxyl groups is 1. The summed E-state index contributed by atoms with van der Waals surface area (Å²) in [5, 5.41) is 9.88. The van der Waals surface area contributed by atoms with Gasteiger partial charge >= 0.3 is 0 Å². The predicted octanol–water partition coefficient (Wildman–Crippen LogP) is 5.64. The lowest BCUT2D eigenvalue weighted by atomic mass is 9.90. The van der Waals surface area contributed by atoms with Gasteiger partial charge < -0.3 is 5.11 Å². The summed E-state index contributed by atoms with van der Waals surface area (Å²) in [6.45, 7) is 4.47. The number of benzene rings is 1. The number of hydrogen-bond acceptors (Lipinski definition) is 1. The third kappa shape index (κ3) is 5.12. The summed E-state index contributed by atoms with van der Waals surface area (Å²) in [6.07, 6.45) is 10.4. The van der Waals surface area contributed by atoms with E-state index in [1.54, 1.807) is 6.07 Å². The lowest BCUT2D eigenvalue weighted by Gasteiger charge is -2.16. The molecule has 0 saturated heterocycles. The van der Waals surface area contributed by atoms with E-state index in [1.165, 1.54) is 44.9 Å². The smallest absolute Gasteiger partial charge is 0.119 e. The highest BCUT2D eigenvalue weighted by atomic mass is 16.3. The molecule has 0 bridgehead atoms. The molecule has 0 saturated carbocycles. The highest BCUT2D eigenvalue weighted by molar-refractivity contribution is 5.34. The first-order valence-corrected chi connectivity index (χ1v) is 7.57. The van der Waals surface area contributed by atoms with Crippen molar-refractivity contribution in [3.8, 4) is 5.75 Å². The molecule has 1 aromatic carbocycles. The van der Waals surface area contributed by atoms with Crippen molar-refractivity contribution in [3.05, 3.63) is 29.8 Å². The number of phenols is 1. The molecule has 1 rings (SSSR count). The van der Waals surface area contributed by atoms with E-state index in [2.05, 4.69) is 19.9 Å². The van der Waals surface area contributed by atoms with Crippen LogP contribution in [-0.2, 0) is 0 Å². The molecule has 0 aromatic heterocycles. The van der Waals surface area contributed by atoms with Gasteiger partial charge in [0, 0.05) is 0 Å². The second kappa shape index (κ2) is 9.02. The lowest BCUT2D eigenvalue weighted by Crippen LogP contribution is -1.98. The minimum atomic E-state index is 0.468. The van der Waals surface area contributed by atoms with Gasteiger partial charge in [0.1, 0.15) is 5.75 Å². The van der Waals surface area contributed by atoms with E-state index in [1.807, 2.05) is 12.1 Å². The van der Waals surface area contributed by atoms with Crippen LogP contribution in [0.2, 0.25) is 0 Å². The molecule has 0 heterocycles. The van der Waals surface area contributed by atoms with Crippen molar-refractivity contribution in [2.24, 2.45) is 0 Å². The molecule has 0 spiro atoms. The number of unbranched alkanes of at least 4 members (excludes halogenated alkanes) is 5. The average Bonchev–Trinajstić information content (AvgIpc) is 2.39. The maximum Gasteiger partial charge on any atom is 0.119 e. The molecule has 1 aromatic rings. The molecule has 1 N–H and O–H groups in total. The third-order valence-electron chi connectivity index (χ3n) is 3.78. The summed E-state index contributed by atoms with van der Waals surface area (Å²) in [5.74, 6) is 0.993. The van der Waals surface area contributed by atoms with Gasteiger partial charge in [-0.2, -0.15) is 0 Å². The molecule has 18 heavy (non-hydrogen) atoms. The Bertz CT molecular complexity index is 319. The number of para-hydroxylation sites is 1. The maximum atomic E-state index is 9.88. The Labute approximate surface area is 112 Å². The fourth-order valence-electron chi connectivity index (χ4n) is 2.58. The van der Waals surface area contributed by atoms with E-state index in [0.717, 1.165) is 12.0 Å². The Morgan fingerprint density at radius 1 is 0.944 bits per heavy atom. The van der Waals surface area contributed by atoms with E-state index in [4.69, 9.17) is 0 Å². The van der Waals surface area contributed by atoms with Gasteiger partial charge in [-0.3, -0.25) is 0 Å². The van der Waals surface area contributed by atoms with Gasteiger partial charge in [0.25, 0.3) is 0 Å². The van der Waals surface area contributed by atoms with Crippen molar-refractivity contribution in [1.82, 2.24) is 0 Å². The van der Waals surface area contributed by atoms with Crippen LogP contribution in [0.4, 0.5) is 0 Å². The van der Waals surface area contributed by atoms with Crippen molar-refractivity contribution in [3.63, 3.8) is 0 Å². The Morgan fingerprint density at radius 3 is 2.28 bits per heavy atom. The molecule has 0 fully saturated rings. The molecular formula is C17H28O. The normalized spacial score (nSPS) is 12.6. The Hall–Kier alpha value is -0.980. The second-order valence-electron chi connectivity index (χ2n) is 5.22. The van der Waals surface area contributed by atoms with E-state index >= 15 is 0 Å². The first-order chi connectivity index (χ1) is 8.79. The topological polar surface area (TPSA) is 20.2 Å². The molecule has 0 aliphatic carbocycles. The summed E-state index contributed by atoms with van der Waals surface area (Å²) in [7, 11) is 0. The molecule has 1 atom stereocenters. The molecule has 102 valence electrons. The fraction of sp³-hybridized carbons (Fsp3) is 0.647. The number of rotatable bonds is 9. The molecular weight excluding hydrogens is 220 g/mol. The summed E-state index contributed by atoms with van der Waals surface area (Å²) in [5.41, 5.74) is 1.13. The summed E-state index contributed by atoms with van der Waals surface area (Å²) in [4.78, 5) is 0. The average molecular weight is 248 g/mol. The molecule has 0 radical (unpaired) electrons. The summed E-state index contributed by atoms with van der Waals surface area (Å²) >= 11 is 0. The van der Waals surface area contributed by atoms with E-state index in [-0.39, 0.29) is 0 Å². The number of phenolic OH excluding ortho intramolecular Hbond substituents is 1. The molecule has 0 aliphatic heterocycles. The van der Waals surface area contributed by atoms with Gasteiger partial charge in [-0.05, 0) is 30.4 Å². The predicted molar refractivity (Wildman–Crippen MR) is 79.1 cm³/mol. The highest BCUT2D eigenvalue weighted by Crippen LogP contribution is 2.31. The van der Waals surface area contributed by atoms with Gasteiger partial charge in [-0.25, -0.2) is 0 Å². The quantitative estimate of drug-likeness (QED) is 0.561. The molecule has 1 nitrogen and oxygen atoms in total. The summed E-state index contributed by atoms with van der Waals surface area (Å²) < 4.78 is 0. The first kappa shape index (κ1) is 15.1. The number of hydrogen-bond donors (Lipinski definition) is 1. The standard InChI is InChI=1S/C17H28O/c1-3-5-6-7-8-9-12-15(4-2)16-13-10-11-14-17(16)18/h10-11,13-15,18H,3-9,12H2,1-2H3. The van der Waals surface area contributed by atoms with Gasteiger partial charge in [0.15, 0.2) is 0 Å². The van der Waals surface area contributed by atoms with Gasteiger partial charge in [0.05, 0.1) is 0 Å². The van der Waals surface area contributed by atoms with Gasteiger partial charge in [0.2, 0.25) is 0 Å². The van der Waals surface area contributed by atoms with Crippen molar-refractivity contribution in [1.29, 1.82) is 0 Å². The van der Waals surface area contributed by atoms with E-state index in [0.29, 0.717) is 11.7 Å². The SMILES string of the molecule is CCCCCCCCC(CC)c1ccccc1O. The van der Waals surface area contributed by atoms with Crippen LogP contribution in [0.5, 0.6) is 5.75 Å². The Balaban J connectivity index is 2.32. The van der Waals surface area contributed by atoms with Gasteiger partial charge in [-0.1, -0.05) is 70.6 Å². The molecule has 1 heteroatoms. The van der Waals surface area contributed by atoms with Crippen LogP contribution in [0.25, 0.3) is 0 Å². The zero-order valence-electron chi connectivity index (χ0n) is 12.0. The largest absolute Gasteiger partial charge is 0.508 e. The van der Waals surface area contributed by atoms with Crippen molar-refractivity contribution in [2.75, 3.05) is 0 Å². The van der Waals surface area contributed by atoms with Crippen LogP contribution in [0.1, 0.15) is 76.7 Å². The lowest BCUT2D eigenvalue weighted by molar-refractivity contribution is 0.450. The minimum Gasteiger partial charge on any atom is -0.508 e. The van der Waals surface area contributed by atoms with Crippen molar-refractivity contribution >= 4 is 0 Å². The Kier molecular flexibility index (Phi) is 7.55. The molecule has 0 aliphatic rings. The first-order valence-electron chi connectivity index (χ1n) is 7.57. The van der Waals surface area contributed by atoms with Crippen LogP contribution >= 0.6 is 0 Å². The summed E-state index contributed by atoms with van der Waals surface area (Å²) in [6, 6.07) is 7.80. The maximum absolute atomic E-state index is 9.88. The van der Waals surface area contributed by atoms with Crippen molar-refractivity contribution in [2.45, 2.75) is 71.1 Å². The van der Waals surface area contributed by atoms with Crippen LogP contribution in [0.15, 0.2) is 24.3 Å². The van der Waals surface area contributed by atoms with Crippen LogP contribution in [0.3, 0.4) is 0 Å². The van der Waals surface area contributed by atoms with E-state index in [9.17, 15) is 5.11 Å². The van der Waals surface area contributed by atoms with E-state index < -0.39 is 0 Å². The van der Waals surface area contributed by atoms with Crippen LogP contribution in [0, 0.1) is 0 Å².